The largest absolute Gasteiger partial charge is 0.399 e. The molecule has 2 heteroatoms. The van der Waals surface area contributed by atoms with E-state index >= 15 is 0 Å². The van der Waals surface area contributed by atoms with Crippen molar-refractivity contribution in [3.8, 4) is 0 Å². The third-order valence-electron chi connectivity index (χ3n) is 1.19. The van der Waals surface area contributed by atoms with Crippen molar-refractivity contribution in [2.75, 3.05) is 5.73 Å². The van der Waals surface area contributed by atoms with Gasteiger partial charge in [0.25, 0.3) is 0 Å². The monoisotopic (exact) mass is 122 g/mol. The van der Waals surface area contributed by atoms with E-state index < -0.39 is 0 Å². The number of nitrogen functional groups attached to an aromatic ring is 1. The Balaban J connectivity index is 2.94. The number of hydrogen-bond donors (Lipinski definition) is 2. The molecule has 1 rings (SSSR count). The predicted octanol–water partition coefficient (Wildman–Crippen LogP) is 0.728. The van der Waals surface area contributed by atoms with Crippen LogP contribution >= 0.6 is 0 Å². The lowest BCUT2D eigenvalue weighted by atomic mass is 10.2. The van der Waals surface area contributed by atoms with Crippen molar-refractivity contribution in [1.29, 1.82) is 0 Å². The molecule has 0 heterocycles. The van der Waals surface area contributed by atoms with Crippen LogP contribution < -0.4 is 11.5 Å². The minimum atomic E-state index is 0.561. The van der Waals surface area contributed by atoms with E-state index in [1.807, 2.05) is 24.3 Å². The first-order valence-electron chi connectivity index (χ1n) is 2.87. The SMILES string of the molecule is NCc1cccc(N)c1. The maximum atomic E-state index is 5.48. The van der Waals surface area contributed by atoms with Gasteiger partial charge in [0.05, 0.1) is 0 Å². The Kier molecular flexibility index (Phi) is 1.70. The highest BCUT2D eigenvalue weighted by atomic mass is 14.6. The van der Waals surface area contributed by atoms with E-state index in [1.54, 1.807) is 0 Å². The second kappa shape index (κ2) is 2.51. The third kappa shape index (κ3) is 1.44. The number of hydrogen-bond acceptors (Lipinski definition) is 2. The van der Waals surface area contributed by atoms with Crippen molar-refractivity contribution in [2.45, 2.75) is 6.54 Å². The number of rotatable bonds is 1. The second-order valence-corrected chi connectivity index (χ2v) is 1.95. The van der Waals surface area contributed by atoms with Crippen LogP contribution in [0.4, 0.5) is 5.69 Å². The molecule has 0 saturated carbocycles. The Hall–Kier alpha value is -1.02. The molecule has 0 radical (unpaired) electrons. The van der Waals surface area contributed by atoms with Crippen molar-refractivity contribution in [2.24, 2.45) is 5.73 Å². The number of nitrogens with two attached hydrogens (primary N) is 2. The van der Waals surface area contributed by atoms with Gasteiger partial charge in [-0.2, -0.15) is 0 Å². The molecule has 0 atom stereocenters. The summed E-state index contributed by atoms with van der Waals surface area (Å²) in [6, 6.07) is 7.58. The van der Waals surface area contributed by atoms with Crippen molar-refractivity contribution >= 4 is 5.69 Å². The van der Waals surface area contributed by atoms with E-state index in [0.29, 0.717) is 6.54 Å². The van der Waals surface area contributed by atoms with Crippen LogP contribution in [0.1, 0.15) is 5.56 Å². The molecule has 0 spiro atoms. The fourth-order valence-corrected chi connectivity index (χ4v) is 0.720. The third-order valence-corrected chi connectivity index (χ3v) is 1.19. The second-order valence-electron chi connectivity index (χ2n) is 1.95. The molecule has 1 aromatic rings. The van der Waals surface area contributed by atoms with Crippen LogP contribution in [-0.4, -0.2) is 0 Å². The van der Waals surface area contributed by atoms with Gasteiger partial charge in [-0.25, -0.2) is 0 Å². The molecule has 2 nitrogen and oxygen atoms in total. The summed E-state index contributed by atoms with van der Waals surface area (Å²) >= 11 is 0. The van der Waals surface area contributed by atoms with Crippen LogP contribution in [-0.2, 0) is 6.54 Å². The van der Waals surface area contributed by atoms with E-state index in [2.05, 4.69) is 0 Å². The normalized spacial score (nSPS) is 9.44. The topological polar surface area (TPSA) is 52.0 Å². The van der Waals surface area contributed by atoms with Crippen LogP contribution in [0.15, 0.2) is 24.3 Å². The Labute approximate surface area is 54.5 Å². The lowest BCUT2D eigenvalue weighted by Gasteiger charge is -1.95. The quantitative estimate of drug-likeness (QED) is 0.539. The number of anilines is 1. The first-order chi connectivity index (χ1) is 4.33. The number of benzene rings is 1. The van der Waals surface area contributed by atoms with Crippen molar-refractivity contribution < 1.29 is 0 Å². The highest BCUT2D eigenvalue weighted by molar-refractivity contribution is 5.40. The van der Waals surface area contributed by atoms with E-state index in [1.165, 1.54) is 0 Å². The molecule has 9 heavy (non-hydrogen) atoms. The zero-order valence-electron chi connectivity index (χ0n) is 5.17. The summed E-state index contributed by atoms with van der Waals surface area (Å²) in [6.07, 6.45) is 0. The molecule has 0 fully saturated rings. The van der Waals surface area contributed by atoms with Gasteiger partial charge >= 0.3 is 0 Å². The molecule has 0 aliphatic carbocycles. The minimum Gasteiger partial charge on any atom is -0.399 e. The van der Waals surface area contributed by atoms with E-state index in [0.717, 1.165) is 11.3 Å². The maximum Gasteiger partial charge on any atom is 0.0317 e. The van der Waals surface area contributed by atoms with Crippen LogP contribution in [0.5, 0.6) is 0 Å². The molecule has 48 valence electrons. The highest BCUT2D eigenvalue weighted by Gasteiger charge is 1.86. The molecule has 0 aromatic heterocycles. The predicted molar refractivity (Wildman–Crippen MR) is 38.7 cm³/mol. The van der Waals surface area contributed by atoms with Crippen LogP contribution in [0.25, 0.3) is 0 Å². The summed E-state index contributed by atoms with van der Waals surface area (Å²) in [5.74, 6) is 0. The van der Waals surface area contributed by atoms with Crippen LogP contribution in [0.3, 0.4) is 0 Å². The molecule has 0 amide bonds. The standard InChI is InChI=1S/C7H10N2/c8-5-6-2-1-3-7(9)4-6/h1-4H,5,8-9H2. The van der Waals surface area contributed by atoms with Gasteiger partial charge in [0.2, 0.25) is 0 Å². The van der Waals surface area contributed by atoms with Gasteiger partial charge in [0, 0.05) is 12.2 Å². The first kappa shape index (κ1) is 6.11. The van der Waals surface area contributed by atoms with Gasteiger partial charge in [-0.3, -0.25) is 0 Å². The van der Waals surface area contributed by atoms with Gasteiger partial charge in [-0.1, -0.05) is 12.1 Å². The summed E-state index contributed by atoms with van der Waals surface area (Å²) in [5, 5.41) is 0. The molecule has 0 bridgehead atoms. The summed E-state index contributed by atoms with van der Waals surface area (Å²) in [6.45, 7) is 0.561. The van der Waals surface area contributed by atoms with E-state index in [-0.39, 0.29) is 0 Å². The average Bonchev–Trinajstić information content (AvgIpc) is 1.88. The Morgan fingerprint density at radius 3 is 2.56 bits per heavy atom. The smallest absolute Gasteiger partial charge is 0.0317 e. The lowest BCUT2D eigenvalue weighted by Crippen LogP contribution is -1.96. The van der Waals surface area contributed by atoms with Crippen LogP contribution in [0, 0.1) is 0 Å². The van der Waals surface area contributed by atoms with Gasteiger partial charge in [-0.05, 0) is 17.7 Å². The van der Waals surface area contributed by atoms with E-state index in [9.17, 15) is 0 Å². The zero-order valence-corrected chi connectivity index (χ0v) is 5.17. The van der Waals surface area contributed by atoms with Crippen molar-refractivity contribution in [1.82, 2.24) is 0 Å². The fourth-order valence-electron chi connectivity index (χ4n) is 0.720. The Morgan fingerprint density at radius 2 is 2.11 bits per heavy atom. The summed E-state index contributed by atoms with van der Waals surface area (Å²) < 4.78 is 0. The molecular formula is C7H10N2. The minimum absolute atomic E-state index is 0.561. The molecule has 1 aromatic carbocycles. The van der Waals surface area contributed by atoms with Gasteiger partial charge in [0.15, 0.2) is 0 Å². The summed E-state index contributed by atoms with van der Waals surface area (Å²) in [5.41, 5.74) is 12.7. The van der Waals surface area contributed by atoms with Crippen molar-refractivity contribution in [3.63, 3.8) is 0 Å². The Morgan fingerprint density at radius 1 is 1.33 bits per heavy atom. The Bertz CT molecular complexity index is 196. The fraction of sp³-hybridized carbons (Fsp3) is 0.143. The van der Waals surface area contributed by atoms with Gasteiger partial charge in [-0.15, -0.1) is 0 Å². The molecule has 0 aliphatic rings. The molecule has 0 aliphatic heterocycles. The molecule has 0 saturated heterocycles. The van der Waals surface area contributed by atoms with Crippen LogP contribution in [0.2, 0.25) is 0 Å². The maximum absolute atomic E-state index is 5.48. The van der Waals surface area contributed by atoms with Crippen molar-refractivity contribution in [3.05, 3.63) is 29.8 Å². The zero-order chi connectivity index (χ0) is 6.69. The summed E-state index contributed by atoms with van der Waals surface area (Å²) in [4.78, 5) is 0. The molecule has 0 unspecified atom stereocenters. The average molecular weight is 122 g/mol. The van der Waals surface area contributed by atoms with Gasteiger partial charge < -0.3 is 11.5 Å². The van der Waals surface area contributed by atoms with E-state index in [4.69, 9.17) is 11.5 Å². The van der Waals surface area contributed by atoms with Gasteiger partial charge in [0.1, 0.15) is 0 Å². The molecular weight excluding hydrogens is 112 g/mol. The highest BCUT2D eigenvalue weighted by Crippen LogP contribution is 2.04. The summed E-state index contributed by atoms with van der Waals surface area (Å²) in [7, 11) is 0. The first-order valence-corrected chi connectivity index (χ1v) is 2.87. The molecule has 4 N–H and O–H groups in total. The lowest BCUT2D eigenvalue weighted by molar-refractivity contribution is 1.07.